The molecule has 1 aromatic carbocycles. The maximum atomic E-state index is 12.8. The number of likely N-dealkylation sites (tertiary alicyclic amines) is 1. The van der Waals surface area contributed by atoms with E-state index in [1.54, 1.807) is 6.08 Å². The van der Waals surface area contributed by atoms with Crippen LogP contribution in [0.5, 0.6) is 0 Å². The molecule has 2 aliphatic rings. The minimum absolute atomic E-state index is 0.0542. The summed E-state index contributed by atoms with van der Waals surface area (Å²) in [5.41, 5.74) is -1.39. The molecule has 175 valence electrons. The molecule has 2 heterocycles. The predicted octanol–water partition coefficient (Wildman–Crippen LogP) is 2.87. The Labute approximate surface area is 192 Å². The van der Waals surface area contributed by atoms with E-state index in [0.29, 0.717) is 19.8 Å². The SMILES string of the molecule is C=CCOC1(N2CCC([As]C(=O)CNC(=O)c3cccc(C(F)(F)F)c3)C2)CCOCC1. The van der Waals surface area contributed by atoms with Crippen molar-refractivity contribution in [1.82, 2.24) is 10.2 Å². The molecule has 0 saturated carbocycles. The zero-order chi connectivity index (χ0) is 23.2. The summed E-state index contributed by atoms with van der Waals surface area (Å²) in [5.74, 6) is -0.683. The summed E-state index contributed by atoms with van der Waals surface area (Å²) in [6, 6.07) is 4.18. The predicted molar refractivity (Wildman–Crippen MR) is 113 cm³/mol. The quantitative estimate of drug-likeness (QED) is 0.405. The summed E-state index contributed by atoms with van der Waals surface area (Å²) in [7, 11) is 0. The Balaban J connectivity index is 1.49. The van der Waals surface area contributed by atoms with E-state index >= 15 is 0 Å². The van der Waals surface area contributed by atoms with Gasteiger partial charge in [0.05, 0.1) is 0 Å². The second-order valence-electron chi connectivity index (χ2n) is 7.83. The standard InChI is InChI=1S/C22H27AsF3N2O4/c1-2-10-32-21(7-11-31-12-8-21)28-9-6-18(15-28)23-19(29)14-27-20(30)16-4-3-5-17(13-16)22(24,25)26/h2-5,13,18H,1,6-12,14-15H2,(H,27,30). The van der Waals surface area contributed by atoms with E-state index in [2.05, 4.69) is 16.8 Å². The molecule has 2 aliphatic heterocycles. The first-order chi connectivity index (χ1) is 15.2. The van der Waals surface area contributed by atoms with Crippen molar-refractivity contribution in [1.29, 1.82) is 0 Å². The second-order valence-corrected chi connectivity index (χ2v) is 11.0. The van der Waals surface area contributed by atoms with Crippen molar-refractivity contribution in [2.24, 2.45) is 0 Å². The number of hydrogen-bond donors (Lipinski definition) is 1. The first-order valence-electron chi connectivity index (χ1n) is 10.5. The Morgan fingerprint density at radius 1 is 1.34 bits per heavy atom. The summed E-state index contributed by atoms with van der Waals surface area (Å²) in [6.07, 6.45) is -0.376. The van der Waals surface area contributed by atoms with Crippen molar-refractivity contribution < 1.29 is 32.2 Å². The van der Waals surface area contributed by atoms with Crippen LogP contribution < -0.4 is 5.32 Å². The van der Waals surface area contributed by atoms with E-state index in [1.807, 2.05) is 0 Å². The van der Waals surface area contributed by atoms with Gasteiger partial charge in [0.2, 0.25) is 0 Å². The third kappa shape index (κ3) is 6.44. The molecule has 0 bridgehead atoms. The van der Waals surface area contributed by atoms with Gasteiger partial charge in [0.15, 0.2) is 0 Å². The average molecular weight is 515 g/mol. The van der Waals surface area contributed by atoms with Gasteiger partial charge in [0.1, 0.15) is 0 Å². The van der Waals surface area contributed by atoms with Gasteiger partial charge in [-0.05, 0) is 0 Å². The maximum absolute atomic E-state index is 12.8. The van der Waals surface area contributed by atoms with Crippen LogP contribution in [0.15, 0.2) is 36.9 Å². The first-order valence-corrected chi connectivity index (χ1v) is 12.5. The minimum atomic E-state index is -4.53. The molecule has 2 fully saturated rings. The van der Waals surface area contributed by atoms with Crippen LogP contribution in [0.3, 0.4) is 0 Å². The Hall–Kier alpha value is -1.67. The van der Waals surface area contributed by atoms with E-state index in [9.17, 15) is 22.8 Å². The number of rotatable bonds is 9. The van der Waals surface area contributed by atoms with Gasteiger partial charge in [0.25, 0.3) is 0 Å². The molecule has 10 heteroatoms. The molecular weight excluding hydrogens is 488 g/mol. The van der Waals surface area contributed by atoms with Crippen LogP contribution >= 0.6 is 0 Å². The van der Waals surface area contributed by atoms with Gasteiger partial charge < -0.3 is 0 Å². The molecule has 0 spiro atoms. The normalized spacial score (nSPS) is 21.7. The van der Waals surface area contributed by atoms with Crippen LogP contribution in [0.2, 0.25) is 4.71 Å². The van der Waals surface area contributed by atoms with E-state index < -0.39 is 33.4 Å². The van der Waals surface area contributed by atoms with Crippen LogP contribution in [0.4, 0.5) is 13.2 Å². The van der Waals surface area contributed by atoms with Crippen LogP contribution in [0.25, 0.3) is 0 Å². The third-order valence-corrected chi connectivity index (χ3v) is 8.25. The number of alkyl halides is 3. The summed E-state index contributed by atoms with van der Waals surface area (Å²) >= 11 is -0.669. The monoisotopic (exact) mass is 515 g/mol. The second kappa shape index (κ2) is 11.0. The van der Waals surface area contributed by atoms with E-state index in [1.165, 1.54) is 12.1 Å². The number of carbonyl (C=O) groups is 2. The molecule has 2 saturated heterocycles. The van der Waals surface area contributed by atoms with Gasteiger partial charge in [-0.1, -0.05) is 0 Å². The number of carbonyl (C=O) groups excluding carboxylic acids is 2. The average Bonchev–Trinajstić information content (AvgIpc) is 3.25. The van der Waals surface area contributed by atoms with Crippen molar-refractivity contribution >= 4 is 26.2 Å². The number of nitrogens with zero attached hydrogens (tertiary/aromatic N) is 1. The topological polar surface area (TPSA) is 67.9 Å². The van der Waals surface area contributed by atoms with Crippen molar-refractivity contribution in [3.8, 4) is 0 Å². The van der Waals surface area contributed by atoms with Crippen LogP contribution in [-0.2, 0) is 20.4 Å². The number of ether oxygens (including phenoxy) is 2. The van der Waals surface area contributed by atoms with Crippen LogP contribution in [0, 0.1) is 0 Å². The van der Waals surface area contributed by atoms with Gasteiger partial charge in [-0.15, -0.1) is 0 Å². The molecule has 1 aromatic rings. The van der Waals surface area contributed by atoms with E-state index in [-0.39, 0.29) is 27.1 Å². The molecule has 1 N–H and O–H groups in total. The number of halogens is 3. The summed E-state index contributed by atoms with van der Waals surface area (Å²) < 4.78 is 50.3. The van der Waals surface area contributed by atoms with Gasteiger partial charge in [-0.2, -0.15) is 0 Å². The van der Waals surface area contributed by atoms with Crippen molar-refractivity contribution in [3.63, 3.8) is 0 Å². The van der Waals surface area contributed by atoms with Gasteiger partial charge in [0, 0.05) is 0 Å². The number of amides is 1. The van der Waals surface area contributed by atoms with Gasteiger partial charge in [-0.3, -0.25) is 0 Å². The molecule has 1 amide bonds. The molecule has 1 atom stereocenters. The zero-order valence-corrected chi connectivity index (χ0v) is 19.6. The Morgan fingerprint density at radius 2 is 2.09 bits per heavy atom. The molecule has 1 unspecified atom stereocenters. The molecule has 1 radical (unpaired) electrons. The fourth-order valence-corrected chi connectivity index (χ4v) is 6.33. The molecule has 32 heavy (non-hydrogen) atoms. The summed E-state index contributed by atoms with van der Waals surface area (Å²) in [6.45, 7) is 6.86. The number of hydrogen-bond acceptors (Lipinski definition) is 5. The zero-order valence-electron chi connectivity index (χ0n) is 17.7. The summed E-state index contributed by atoms with van der Waals surface area (Å²) in [4.78, 5) is 27.0. The van der Waals surface area contributed by atoms with Crippen LogP contribution in [0.1, 0.15) is 35.2 Å². The molecule has 0 aliphatic carbocycles. The molecular formula is C22H27AsF3N2O4. The Bertz CT molecular complexity index is 828. The molecule has 6 nitrogen and oxygen atoms in total. The Kier molecular flexibility index (Phi) is 8.55. The summed E-state index contributed by atoms with van der Waals surface area (Å²) in [5, 5.41) is 2.46. The van der Waals surface area contributed by atoms with Gasteiger partial charge in [-0.25, -0.2) is 0 Å². The molecule has 3 rings (SSSR count). The first kappa shape index (κ1) is 25.0. The molecule has 0 aromatic heterocycles. The van der Waals surface area contributed by atoms with E-state index in [0.717, 1.165) is 44.5 Å². The van der Waals surface area contributed by atoms with Crippen molar-refractivity contribution in [2.45, 2.75) is 35.9 Å². The number of benzene rings is 1. The third-order valence-electron chi connectivity index (χ3n) is 5.66. The van der Waals surface area contributed by atoms with Crippen LogP contribution in [-0.4, -0.2) is 76.3 Å². The Morgan fingerprint density at radius 3 is 2.78 bits per heavy atom. The van der Waals surface area contributed by atoms with Crippen molar-refractivity contribution in [3.05, 3.63) is 48.0 Å². The number of nitrogens with one attached hydrogen (secondary N) is 1. The van der Waals surface area contributed by atoms with E-state index in [4.69, 9.17) is 9.47 Å². The fourth-order valence-electron chi connectivity index (χ4n) is 4.02. The van der Waals surface area contributed by atoms with Crippen molar-refractivity contribution in [2.75, 3.05) is 39.5 Å². The fraction of sp³-hybridized carbons (Fsp3) is 0.545. The van der Waals surface area contributed by atoms with Gasteiger partial charge >= 0.3 is 192 Å².